The molecule has 0 spiro atoms. The van der Waals surface area contributed by atoms with Crippen LogP contribution in [0, 0.1) is 0 Å². The second-order valence-electron chi connectivity index (χ2n) is 12.1. The minimum absolute atomic E-state index is 0.403. The van der Waals surface area contributed by atoms with Gasteiger partial charge in [0.05, 0.1) is 24.3 Å². The molecule has 4 aromatic carbocycles. The SMILES string of the molecule is CCCCCCCCOc1ccc(C(=O)Oc2ccc(Oc3ccc(OC(=O)c4ccc(OCCCCCCCC)cc4)cc3)cc2)cc1. The molecule has 0 aliphatic heterocycles. The van der Waals surface area contributed by atoms with Gasteiger partial charge in [-0.2, -0.15) is 0 Å². The maximum absolute atomic E-state index is 12.6. The van der Waals surface area contributed by atoms with Gasteiger partial charge in [-0.05, 0) is 110 Å². The Bertz CT molecular complexity index is 1390. The number of benzene rings is 4. The lowest BCUT2D eigenvalue weighted by atomic mass is 10.1. The first kappa shape index (κ1) is 37.0. The van der Waals surface area contributed by atoms with Gasteiger partial charge in [0.25, 0.3) is 0 Å². The molecular weight excluding hydrogens is 616 g/mol. The molecule has 0 amide bonds. The predicted octanol–water partition coefficient (Wildman–Crippen LogP) is 11.4. The Labute approximate surface area is 291 Å². The van der Waals surface area contributed by atoms with Gasteiger partial charge >= 0.3 is 11.9 Å². The normalized spacial score (nSPS) is 10.7. The van der Waals surface area contributed by atoms with Crippen molar-refractivity contribution in [3.63, 3.8) is 0 Å². The van der Waals surface area contributed by atoms with Crippen molar-refractivity contribution in [3.05, 3.63) is 108 Å². The third kappa shape index (κ3) is 13.7. The van der Waals surface area contributed by atoms with Crippen LogP contribution in [0.1, 0.15) is 112 Å². The topological polar surface area (TPSA) is 80.3 Å². The fourth-order valence-electron chi connectivity index (χ4n) is 5.14. The summed E-state index contributed by atoms with van der Waals surface area (Å²) in [4.78, 5) is 25.3. The van der Waals surface area contributed by atoms with E-state index in [1.165, 1.54) is 64.2 Å². The molecule has 7 heteroatoms. The van der Waals surface area contributed by atoms with Crippen LogP contribution >= 0.6 is 0 Å². The molecule has 0 aromatic heterocycles. The van der Waals surface area contributed by atoms with Gasteiger partial charge < -0.3 is 23.7 Å². The fraction of sp³-hybridized carbons (Fsp3) is 0.381. The largest absolute Gasteiger partial charge is 0.494 e. The molecule has 0 saturated carbocycles. The highest BCUT2D eigenvalue weighted by Crippen LogP contribution is 2.27. The van der Waals surface area contributed by atoms with Gasteiger partial charge in [0.1, 0.15) is 34.5 Å². The van der Waals surface area contributed by atoms with Crippen molar-refractivity contribution in [2.24, 2.45) is 0 Å². The Kier molecular flexibility index (Phi) is 16.1. The average Bonchev–Trinajstić information content (AvgIpc) is 3.13. The van der Waals surface area contributed by atoms with Crippen LogP contribution in [0.4, 0.5) is 0 Å². The number of rotatable bonds is 22. The van der Waals surface area contributed by atoms with E-state index in [9.17, 15) is 9.59 Å². The summed E-state index contributed by atoms with van der Waals surface area (Å²) in [5.41, 5.74) is 0.885. The van der Waals surface area contributed by atoms with E-state index >= 15 is 0 Å². The lowest BCUT2D eigenvalue weighted by molar-refractivity contribution is 0.0725. The van der Waals surface area contributed by atoms with Crippen LogP contribution in [0.5, 0.6) is 34.5 Å². The minimum atomic E-state index is -0.450. The molecular formula is C42H50O7. The molecule has 0 radical (unpaired) electrons. The zero-order valence-electron chi connectivity index (χ0n) is 29.0. The summed E-state index contributed by atoms with van der Waals surface area (Å²) < 4.78 is 28.6. The minimum Gasteiger partial charge on any atom is -0.494 e. The summed E-state index contributed by atoms with van der Waals surface area (Å²) in [6, 6.07) is 27.6. The first-order valence-electron chi connectivity index (χ1n) is 17.8. The highest BCUT2D eigenvalue weighted by atomic mass is 16.5. The van der Waals surface area contributed by atoms with Crippen molar-refractivity contribution in [2.45, 2.75) is 90.9 Å². The lowest BCUT2D eigenvalue weighted by Crippen LogP contribution is -2.08. The van der Waals surface area contributed by atoms with Crippen LogP contribution in [0.15, 0.2) is 97.1 Å². The van der Waals surface area contributed by atoms with Gasteiger partial charge in [-0.15, -0.1) is 0 Å². The molecule has 49 heavy (non-hydrogen) atoms. The fourth-order valence-corrected chi connectivity index (χ4v) is 5.14. The van der Waals surface area contributed by atoms with Crippen LogP contribution in [0.2, 0.25) is 0 Å². The number of ether oxygens (including phenoxy) is 5. The smallest absolute Gasteiger partial charge is 0.343 e. The highest BCUT2D eigenvalue weighted by Gasteiger charge is 2.11. The van der Waals surface area contributed by atoms with E-state index < -0.39 is 11.9 Å². The third-order valence-electron chi connectivity index (χ3n) is 8.02. The van der Waals surface area contributed by atoms with Gasteiger partial charge in [-0.1, -0.05) is 78.1 Å². The van der Waals surface area contributed by atoms with Crippen LogP contribution in [0.3, 0.4) is 0 Å². The molecule has 260 valence electrons. The Morgan fingerprint density at radius 2 is 0.694 bits per heavy atom. The van der Waals surface area contributed by atoms with E-state index in [-0.39, 0.29) is 0 Å². The van der Waals surface area contributed by atoms with E-state index in [0.29, 0.717) is 47.3 Å². The summed E-state index contributed by atoms with van der Waals surface area (Å²) in [6.45, 7) is 5.78. The molecule has 0 aliphatic carbocycles. The van der Waals surface area contributed by atoms with E-state index in [4.69, 9.17) is 23.7 Å². The second-order valence-corrected chi connectivity index (χ2v) is 12.1. The van der Waals surface area contributed by atoms with Crippen LogP contribution < -0.4 is 23.7 Å². The molecule has 4 rings (SSSR count). The number of hydrogen-bond donors (Lipinski definition) is 0. The van der Waals surface area contributed by atoms with Gasteiger partial charge in [0.2, 0.25) is 0 Å². The van der Waals surface area contributed by atoms with Gasteiger partial charge in [-0.25, -0.2) is 9.59 Å². The summed E-state index contributed by atoms with van der Waals surface area (Å²) in [7, 11) is 0. The molecule has 4 aromatic rings. The second kappa shape index (κ2) is 21.2. The molecule has 0 atom stereocenters. The van der Waals surface area contributed by atoms with Crippen molar-refractivity contribution >= 4 is 11.9 Å². The number of hydrogen-bond acceptors (Lipinski definition) is 7. The van der Waals surface area contributed by atoms with Gasteiger partial charge in [0, 0.05) is 0 Å². The third-order valence-corrected chi connectivity index (χ3v) is 8.02. The van der Waals surface area contributed by atoms with E-state index in [1.54, 1.807) is 97.1 Å². The zero-order valence-corrected chi connectivity index (χ0v) is 29.0. The summed E-state index contributed by atoms with van der Waals surface area (Å²) in [5, 5.41) is 0. The Balaban J connectivity index is 1.16. The van der Waals surface area contributed by atoms with Crippen LogP contribution in [0.25, 0.3) is 0 Å². The molecule has 0 bridgehead atoms. The van der Waals surface area contributed by atoms with Crippen molar-refractivity contribution in [1.82, 2.24) is 0 Å². The van der Waals surface area contributed by atoms with Crippen molar-refractivity contribution in [3.8, 4) is 34.5 Å². The lowest BCUT2D eigenvalue weighted by Gasteiger charge is -2.10. The monoisotopic (exact) mass is 666 g/mol. The Morgan fingerprint density at radius 3 is 1.06 bits per heavy atom. The summed E-state index contributed by atoms with van der Waals surface area (Å²) in [5.74, 6) is 2.52. The number of unbranched alkanes of at least 4 members (excludes halogenated alkanes) is 10. The quantitative estimate of drug-likeness (QED) is 0.0469. The van der Waals surface area contributed by atoms with Crippen LogP contribution in [-0.2, 0) is 0 Å². The van der Waals surface area contributed by atoms with Crippen molar-refractivity contribution in [1.29, 1.82) is 0 Å². The van der Waals surface area contributed by atoms with Crippen molar-refractivity contribution < 1.29 is 33.3 Å². The zero-order chi connectivity index (χ0) is 34.5. The van der Waals surface area contributed by atoms with Crippen LogP contribution in [-0.4, -0.2) is 25.2 Å². The van der Waals surface area contributed by atoms with E-state index in [2.05, 4.69) is 13.8 Å². The predicted molar refractivity (Wildman–Crippen MR) is 194 cm³/mol. The number of carbonyl (C=O) groups is 2. The average molecular weight is 667 g/mol. The molecule has 7 nitrogen and oxygen atoms in total. The molecule has 0 N–H and O–H groups in total. The Hall–Kier alpha value is -4.78. The standard InChI is InChI=1S/C42H50O7/c1-3-5-7-9-11-13-31-45-35-19-15-33(16-20-35)41(43)48-39-27-23-37(24-28-39)47-38-25-29-40(30-26-38)49-42(44)34-17-21-36(22-18-34)46-32-14-12-10-8-6-4-2/h15-30H,3-14,31-32H2,1-2H3. The first-order chi connectivity index (χ1) is 24.0. The summed E-state index contributed by atoms with van der Waals surface area (Å²) in [6.07, 6.45) is 14.5. The highest BCUT2D eigenvalue weighted by molar-refractivity contribution is 5.91. The van der Waals surface area contributed by atoms with E-state index in [0.717, 1.165) is 24.3 Å². The maximum atomic E-state index is 12.6. The van der Waals surface area contributed by atoms with E-state index in [1.807, 2.05) is 0 Å². The maximum Gasteiger partial charge on any atom is 0.343 e. The molecule has 0 aliphatic rings. The Morgan fingerprint density at radius 1 is 0.388 bits per heavy atom. The van der Waals surface area contributed by atoms with Gasteiger partial charge in [0.15, 0.2) is 0 Å². The molecule has 0 saturated heterocycles. The number of carbonyl (C=O) groups excluding carboxylic acids is 2. The summed E-state index contributed by atoms with van der Waals surface area (Å²) >= 11 is 0. The van der Waals surface area contributed by atoms with Gasteiger partial charge in [-0.3, -0.25) is 0 Å². The molecule has 0 fully saturated rings. The molecule has 0 unspecified atom stereocenters. The number of esters is 2. The van der Waals surface area contributed by atoms with Crippen molar-refractivity contribution in [2.75, 3.05) is 13.2 Å². The first-order valence-corrected chi connectivity index (χ1v) is 17.8. The molecule has 0 heterocycles.